The molecule has 5 heteroatoms. The lowest BCUT2D eigenvalue weighted by Gasteiger charge is -2.08. The fourth-order valence-corrected chi connectivity index (χ4v) is 1.35. The molecule has 0 unspecified atom stereocenters. The number of benzene rings is 1. The Bertz CT molecular complexity index is 371. The van der Waals surface area contributed by atoms with Crippen LogP contribution in [0.1, 0.15) is 11.1 Å². The van der Waals surface area contributed by atoms with Crippen molar-refractivity contribution in [2.45, 2.75) is 6.18 Å². The number of alkyl halides is 3. The summed E-state index contributed by atoms with van der Waals surface area (Å²) in [6.45, 7) is -0.168. The van der Waals surface area contributed by atoms with Gasteiger partial charge in [-0.15, -0.1) is 0 Å². The van der Waals surface area contributed by atoms with E-state index in [2.05, 4.69) is 0 Å². The summed E-state index contributed by atoms with van der Waals surface area (Å²) in [6.07, 6.45) is -1.53. The van der Waals surface area contributed by atoms with E-state index in [9.17, 15) is 13.2 Å². The highest BCUT2D eigenvalue weighted by Gasteiger charge is 2.32. The zero-order valence-corrected chi connectivity index (χ0v) is 8.31. The third kappa shape index (κ3) is 3.25. The molecule has 1 N–H and O–H groups in total. The molecule has 0 amide bonds. The van der Waals surface area contributed by atoms with Crippen molar-refractivity contribution in [3.05, 3.63) is 40.4 Å². The quantitative estimate of drug-likeness (QED) is 0.835. The van der Waals surface area contributed by atoms with Gasteiger partial charge in [0, 0.05) is 0 Å². The molecule has 0 aliphatic carbocycles. The Hall–Kier alpha value is -1.00. The Morgan fingerprint density at radius 1 is 1.33 bits per heavy atom. The Labute approximate surface area is 89.8 Å². The largest absolute Gasteiger partial charge is 0.417 e. The van der Waals surface area contributed by atoms with Crippen molar-refractivity contribution in [2.75, 3.05) is 6.61 Å². The number of halogens is 4. The van der Waals surface area contributed by atoms with E-state index >= 15 is 0 Å². The molecule has 0 heterocycles. The summed E-state index contributed by atoms with van der Waals surface area (Å²) in [4.78, 5) is 0. The zero-order valence-electron chi connectivity index (χ0n) is 7.55. The molecule has 0 aromatic heterocycles. The van der Waals surface area contributed by atoms with Crippen LogP contribution >= 0.6 is 11.6 Å². The van der Waals surface area contributed by atoms with Crippen LogP contribution in [0.2, 0.25) is 5.02 Å². The molecular formula is C10H8ClF3O. The van der Waals surface area contributed by atoms with Crippen molar-refractivity contribution in [2.24, 2.45) is 0 Å². The summed E-state index contributed by atoms with van der Waals surface area (Å²) in [7, 11) is 0. The third-order valence-electron chi connectivity index (χ3n) is 1.71. The first kappa shape index (κ1) is 12.1. The molecule has 0 bridgehead atoms. The maximum absolute atomic E-state index is 12.3. The molecule has 0 saturated heterocycles. The monoisotopic (exact) mass is 236 g/mol. The van der Waals surface area contributed by atoms with Crippen LogP contribution < -0.4 is 0 Å². The van der Waals surface area contributed by atoms with Crippen molar-refractivity contribution in [1.82, 2.24) is 0 Å². The number of hydrogen-bond donors (Lipinski definition) is 1. The van der Waals surface area contributed by atoms with E-state index in [0.29, 0.717) is 5.56 Å². The number of aliphatic hydroxyl groups excluding tert-OH is 1. The lowest BCUT2D eigenvalue weighted by Crippen LogP contribution is -2.05. The van der Waals surface area contributed by atoms with Gasteiger partial charge in [0.05, 0.1) is 17.2 Å². The van der Waals surface area contributed by atoms with Gasteiger partial charge in [0.2, 0.25) is 0 Å². The van der Waals surface area contributed by atoms with Crippen LogP contribution in [-0.4, -0.2) is 11.7 Å². The van der Waals surface area contributed by atoms with Gasteiger partial charge in [-0.3, -0.25) is 0 Å². The van der Waals surface area contributed by atoms with Crippen LogP contribution in [0, 0.1) is 0 Å². The van der Waals surface area contributed by atoms with Gasteiger partial charge >= 0.3 is 6.18 Å². The van der Waals surface area contributed by atoms with Crippen LogP contribution in [0.5, 0.6) is 0 Å². The SMILES string of the molecule is OC/C=C/c1ccc(C(F)(F)F)c(Cl)c1. The first-order chi connectivity index (χ1) is 6.95. The molecule has 0 radical (unpaired) electrons. The van der Waals surface area contributed by atoms with Gasteiger partial charge in [0.1, 0.15) is 0 Å². The Morgan fingerprint density at radius 2 is 2.00 bits per heavy atom. The number of rotatable bonds is 2. The van der Waals surface area contributed by atoms with Gasteiger partial charge in [-0.1, -0.05) is 29.8 Å². The third-order valence-corrected chi connectivity index (χ3v) is 2.03. The van der Waals surface area contributed by atoms with Gasteiger partial charge in [0.25, 0.3) is 0 Å². The lowest BCUT2D eigenvalue weighted by molar-refractivity contribution is -0.137. The highest BCUT2D eigenvalue weighted by atomic mass is 35.5. The second kappa shape index (κ2) is 4.68. The van der Waals surface area contributed by atoms with Crippen molar-refractivity contribution in [3.8, 4) is 0 Å². The summed E-state index contributed by atoms with van der Waals surface area (Å²) in [5.74, 6) is 0. The fourth-order valence-electron chi connectivity index (χ4n) is 1.05. The maximum atomic E-state index is 12.3. The van der Waals surface area contributed by atoms with Crippen LogP contribution in [-0.2, 0) is 6.18 Å². The van der Waals surface area contributed by atoms with Crippen molar-refractivity contribution >= 4 is 17.7 Å². The lowest BCUT2D eigenvalue weighted by atomic mass is 10.1. The Balaban J connectivity index is 3.04. The predicted octanol–water partition coefficient (Wildman–Crippen LogP) is 3.36. The minimum absolute atomic E-state index is 0.168. The van der Waals surface area contributed by atoms with E-state index in [1.807, 2.05) is 0 Å². The van der Waals surface area contributed by atoms with Crippen molar-refractivity contribution in [1.29, 1.82) is 0 Å². The van der Waals surface area contributed by atoms with Crippen molar-refractivity contribution < 1.29 is 18.3 Å². The first-order valence-corrected chi connectivity index (χ1v) is 4.47. The summed E-state index contributed by atoms with van der Waals surface area (Å²) < 4.78 is 36.9. The molecule has 0 saturated carbocycles. The van der Waals surface area contributed by atoms with Gasteiger partial charge in [0.15, 0.2) is 0 Å². The summed E-state index contributed by atoms with van der Waals surface area (Å²) >= 11 is 5.48. The topological polar surface area (TPSA) is 20.2 Å². The van der Waals surface area contributed by atoms with Crippen LogP contribution in [0.4, 0.5) is 13.2 Å². The molecule has 1 rings (SSSR count). The minimum Gasteiger partial charge on any atom is -0.392 e. The molecule has 82 valence electrons. The Morgan fingerprint density at radius 3 is 2.47 bits per heavy atom. The second-order valence-corrected chi connectivity index (χ2v) is 3.23. The molecule has 0 aliphatic rings. The average molecular weight is 237 g/mol. The number of hydrogen-bond acceptors (Lipinski definition) is 1. The number of aliphatic hydroxyl groups is 1. The summed E-state index contributed by atoms with van der Waals surface area (Å²) in [5.41, 5.74) is -0.340. The molecule has 15 heavy (non-hydrogen) atoms. The van der Waals surface area contributed by atoms with E-state index in [0.717, 1.165) is 6.07 Å². The standard InChI is InChI=1S/C10H8ClF3O/c11-9-6-7(2-1-5-15)3-4-8(9)10(12,13)14/h1-4,6,15H,5H2/b2-1+. The predicted molar refractivity (Wildman–Crippen MR) is 52.6 cm³/mol. The summed E-state index contributed by atoms with van der Waals surface area (Å²) in [5, 5.41) is 8.14. The zero-order chi connectivity index (χ0) is 11.5. The smallest absolute Gasteiger partial charge is 0.392 e. The van der Waals surface area contributed by atoms with E-state index in [4.69, 9.17) is 16.7 Å². The van der Waals surface area contributed by atoms with E-state index < -0.39 is 11.7 Å². The van der Waals surface area contributed by atoms with Gasteiger partial charge < -0.3 is 5.11 Å². The van der Waals surface area contributed by atoms with E-state index in [-0.39, 0.29) is 11.6 Å². The van der Waals surface area contributed by atoms with Crippen LogP contribution in [0.25, 0.3) is 6.08 Å². The van der Waals surface area contributed by atoms with Crippen molar-refractivity contribution in [3.63, 3.8) is 0 Å². The molecule has 0 spiro atoms. The fraction of sp³-hybridized carbons (Fsp3) is 0.200. The Kier molecular flexibility index (Phi) is 3.77. The average Bonchev–Trinajstić information content (AvgIpc) is 2.12. The van der Waals surface area contributed by atoms with Gasteiger partial charge in [-0.05, 0) is 17.7 Å². The molecule has 0 aliphatic heterocycles. The van der Waals surface area contributed by atoms with Gasteiger partial charge in [-0.25, -0.2) is 0 Å². The highest BCUT2D eigenvalue weighted by Crippen LogP contribution is 2.35. The molecule has 1 aromatic rings. The van der Waals surface area contributed by atoms with E-state index in [1.54, 1.807) is 0 Å². The second-order valence-electron chi connectivity index (χ2n) is 2.82. The normalized spacial score (nSPS) is 12.3. The maximum Gasteiger partial charge on any atom is 0.417 e. The molecule has 0 atom stereocenters. The first-order valence-electron chi connectivity index (χ1n) is 4.09. The highest BCUT2D eigenvalue weighted by molar-refractivity contribution is 6.31. The van der Waals surface area contributed by atoms with E-state index in [1.165, 1.54) is 24.3 Å². The summed E-state index contributed by atoms with van der Waals surface area (Å²) in [6, 6.07) is 3.41. The van der Waals surface area contributed by atoms with Gasteiger partial charge in [-0.2, -0.15) is 13.2 Å². The molecule has 1 aromatic carbocycles. The molecular weight excluding hydrogens is 229 g/mol. The minimum atomic E-state index is -4.43. The van der Waals surface area contributed by atoms with Crippen LogP contribution in [0.15, 0.2) is 24.3 Å². The molecule has 0 fully saturated rings. The van der Waals surface area contributed by atoms with Crippen LogP contribution in [0.3, 0.4) is 0 Å². The molecule has 1 nitrogen and oxygen atoms in total.